The molecule has 1 saturated heterocycles. The molecule has 0 aromatic carbocycles. The Morgan fingerprint density at radius 3 is 2.67 bits per heavy atom. The molecule has 1 aromatic heterocycles. The second-order valence-corrected chi connectivity index (χ2v) is 5.02. The Morgan fingerprint density at radius 1 is 1.33 bits per heavy atom. The van der Waals surface area contributed by atoms with Gasteiger partial charge in [-0.3, -0.25) is 4.79 Å². The number of ether oxygens (including phenoxy) is 1. The van der Waals surface area contributed by atoms with Gasteiger partial charge in [-0.2, -0.15) is 4.98 Å². The van der Waals surface area contributed by atoms with Crippen LogP contribution in [0.3, 0.4) is 0 Å². The van der Waals surface area contributed by atoms with Gasteiger partial charge in [0.15, 0.2) is 0 Å². The summed E-state index contributed by atoms with van der Waals surface area (Å²) in [7, 11) is 1.39. The van der Waals surface area contributed by atoms with Crippen LogP contribution in [0.5, 0.6) is 0 Å². The highest BCUT2D eigenvalue weighted by Gasteiger charge is 2.57. The van der Waals surface area contributed by atoms with Crippen molar-refractivity contribution in [3.8, 4) is 0 Å². The van der Waals surface area contributed by atoms with Gasteiger partial charge in [0.2, 0.25) is 5.89 Å². The van der Waals surface area contributed by atoms with Gasteiger partial charge in [0.1, 0.15) is 5.41 Å². The molecule has 18 heavy (non-hydrogen) atoms. The molecular formula is C12H17N3O3. The van der Waals surface area contributed by atoms with Crippen molar-refractivity contribution in [1.29, 1.82) is 0 Å². The zero-order valence-corrected chi connectivity index (χ0v) is 10.5. The highest BCUT2D eigenvalue weighted by molar-refractivity contribution is 5.85. The van der Waals surface area contributed by atoms with Gasteiger partial charge >= 0.3 is 5.97 Å². The molecule has 1 aliphatic heterocycles. The lowest BCUT2D eigenvalue weighted by molar-refractivity contribution is -0.144. The maximum absolute atomic E-state index is 11.7. The van der Waals surface area contributed by atoms with Gasteiger partial charge in [-0.1, -0.05) is 0 Å². The maximum Gasteiger partial charge on any atom is 0.321 e. The summed E-state index contributed by atoms with van der Waals surface area (Å²) >= 11 is 0. The Balaban J connectivity index is 1.79. The summed E-state index contributed by atoms with van der Waals surface area (Å²) in [5.41, 5.74) is -0.657. The van der Waals surface area contributed by atoms with Gasteiger partial charge in [-0.05, 0) is 37.3 Å². The van der Waals surface area contributed by atoms with Crippen molar-refractivity contribution in [1.82, 2.24) is 10.1 Å². The number of piperidine rings is 1. The molecule has 2 fully saturated rings. The van der Waals surface area contributed by atoms with E-state index in [1.807, 2.05) is 0 Å². The van der Waals surface area contributed by atoms with E-state index in [-0.39, 0.29) is 5.97 Å². The quantitative estimate of drug-likeness (QED) is 0.753. The van der Waals surface area contributed by atoms with Crippen LogP contribution in [0.25, 0.3) is 0 Å². The summed E-state index contributed by atoms with van der Waals surface area (Å²) in [6.07, 6.45) is 5.05. The number of hydrogen-bond donors (Lipinski definition) is 0. The van der Waals surface area contributed by atoms with Crippen LogP contribution in [0.2, 0.25) is 0 Å². The Hall–Kier alpha value is -1.59. The second kappa shape index (κ2) is 4.26. The van der Waals surface area contributed by atoms with Crippen LogP contribution in [0, 0.1) is 0 Å². The number of carbonyl (C=O) groups is 1. The molecule has 0 spiro atoms. The Labute approximate surface area is 105 Å². The summed E-state index contributed by atoms with van der Waals surface area (Å²) < 4.78 is 10.1. The standard InChI is InChI=1S/C12H17N3O3/c1-17-10(16)12(5-6-12)9-13-11(14-18-9)15-7-3-2-4-8-15/h2-8H2,1H3. The molecule has 2 aliphatic rings. The molecule has 0 radical (unpaired) electrons. The van der Waals surface area contributed by atoms with E-state index < -0.39 is 5.41 Å². The first kappa shape index (κ1) is 11.5. The van der Waals surface area contributed by atoms with Crippen LogP contribution in [0.4, 0.5) is 5.95 Å². The van der Waals surface area contributed by atoms with Crippen LogP contribution in [-0.4, -0.2) is 36.3 Å². The Morgan fingerprint density at radius 2 is 2.06 bits per heavy atom. The molecule has 0 amide bonds. The third-order valence-electron chi connectivity index (χ3n) is 3.79. The van der Waals surface area contributed by atoms with Crippen LogP contribution in [0.15, 0.2) is 4.52 Å². The third-order valence-corrected chi connectivity index (χ3v) is 3.79. The molecule has 1 aromatic rings. The van der Waals surface area contributed by atoms with E-state index in [2.05, 4.69) is 15.0 Å². The first-order chi connectivity index (χ1) is 8.76. The van der Waals surface area contributed by atoms with E-state index in [4.69, 9.17) is 9.26 Å². The fraction of sp³-hybridized carbons (Fsp3) is 0.750. The molecule has 98 valence electrons. The average Bonchev–Trinajstić information content (AvgIpc) is 3.09. The molecule has 1 aliphatic carbocycles. The third kappa shape index (κ3) is 1.76. The molecule has 1 saturated carbocycles. The SMILES string of the molecule is COC(=O)C1(c2nc(N3CCCCC3)no2)CC1. The largest absolute Gasteiger partial charge is 0.468 e. The highest BCUT2D eigenvalue weighted by Crippen LogP contribution is 2.48. The number of anilines is 1. The van der Waals surface area contributed by atoms with E-state index in [1.165, 1.54) is 13.5 Å². The average molecular weight is 251 g/mol. The molecule has 0 N–H and O–H groups in total. The van der Waals surface area contributed by atoms with Gasteiger partial charge in [0.25, 0.3) is 5.95 Å². The Bertz CT molecular complexity index is 447. The van der Waals surface area contributed by atoms with E-state index in [1.54, 1.807) is 0 Å². The number of carbonyl (C=O) groups excluding carboxylic acids is 1. The molecule has 2 heterocycles. The normalized spacial score (nSPS) is 21.7. The van der Waals surface area contributed by atoms with E-state index >= 15 is 0 Å². The number of aromatic nitrogens is 2. The lowest BCUT2D eigenvalue weighted by atomic mass is 10.1. The zero-order valence-electron chi connectivity index (χ0n) is 10.5. The van der Waals surface area contributed by atoms with Crippen molar-refractivity contribution in [2.45, 2.75) is 37.5 Å². The minimum absolute atomic E-state index is 0.267. The summed E-state index contributed by atoms with van der Waals surface area (Å²) in [5, 5.41) is 3.99. The predicted molar refractivity (Wildman–Crippen MR) is 63.3 cm³/mol. The minimum atomic E-state index is -0.657. The predicted octanol–water partition coefficient (Wildman–Crippen LogP) is 1.26. The van der Waals surface area contributed by atoms with Gasteiger partial charge in [-0.15, -0.1) is 0 Å². The molecule has 6 heteroatoms. The molecule has 0 unspecified atom stereocenters. The molecule has 0 bridgehead atoms. The van der Waals surface area contributed by atoms with Crippen molar-refractivity contribution >= 4 is 11.9 Å². The topological polar surface area (TPSA) is 68.5 Å². The molecule has 0 atom stereocenters. The summed E-state index contributed by atoms with van der Waals surface area (Å²) in [4.78, 5) is 18.2. The number of methoxy groups -OCH3 is 1. The van der Waals surface area contributed by atoms with E-state index in [0.717, 1.165) is 38.8 Å². The van der Waals surface area contributed by atoms with Gasteiger partial charge in [0.05, 0.1) is 7.11 Å². The fourth-order valence-corrected chi connectivity index (χ4v) is 2.46. The van der Waals surface area contributed by atoms with Gasteiger partial charge < -0.3 is 14.2 Å². The summed E-state index contributed by atoms with van der Waals surface area (Å²) in [6.45, 7) is 1.92. The second-order valence-electron chi connectivity index (χ2n) is 5.02. The lowest BCUT2D eigenvalue weighted by Gasteiger charge is -2.24. The van der Waals surface area contributed by atoms with Crippen molar-refractivity contribution in [2.75, 3.05) is 25.1 Å². The number of nitrogens with zero attached hydrogens (tertiary/aromatic N) is 3. The number of esters is 1. The van der Waals surface area contributed by atoms with E-state index in [9.17, 15) is 4.79 Å². The van der Waals surface area contributed by atoms with Crippen molar-refractivity contribution in [3.63, 3.8) is 0 Å². The summed E-state index contributed by atoms with van der Waals surface area (Å²) in [5.74, 6) is 0.756. The van der Waals surface area contributed by atoms with Crippen LogP contribution < -0.4 is 4.90 Å². The lowest BCUT2D eigenvalue weighted by Crippen LogP contribution is -2.30. The maximum atomic E-state index is 11.7. The van der Waals surface area contributed by atoms with E-state index in [0.29, 0.717) is 11.8 Å². The van der Waals surface area contributed by atoms with Crippen molar-refractivity contribution in [2.24, 2.45) is 0 Å². The van der Waals surface area contributed by atoms with Gasteiger partial charge in [-0.25, -0.2) is 0 Å². The highest BCUT2D eigenvalue weighted by atomic mass is 16.5. The number of rotatable bonds is 3. The van der Waals surface area contributed by atoms with Crippen molar-refractivity contribution in [3.05, 3.63) is 5.89 Å². The zero-order chi connectivity index (χ0) is 12.6. The van der Waals surface area contributed by atoms with Crippen LogP contribution in [-0.2, 0) is 14.9 Å². The van der Waals surface area contributed by atoms with Gasteiger partial charge in [0, 0.05) is 13.1 Å². The Kier molecular flexibility index (Phi) is 2.72. The minimum Gasteiger partial charge on any atom is -0.468 e. The van der Waals surface area contributed by atoms with Crippen LogP contribution >= 0.6 is 0 Å². The molecule has 6 nitrogen and oxygen atoms in total. The number of hydrogen-bond acceptors (Lipinski definition) is 6. The monoisotopic (exact) mass is 251 g/mol. The van der Waals surface area contributed by atoms with Crippen LogP contribution in [0.1, 0.15) is 38.0 Å². The first-order valence-corrected chi connectivity index (χ1v) is 6.44. The summed E-state index contributed by atoms with van der Waals surface area (Å²) in [6, 6.07) is 0. The van der Waals surface area contributed by atoms with Crippen molar-refractivity contribution < 1.29 is 14.1 Å². The molecular weight excluding hydrogens is 234 g/mol. The fourth-order valence-electron chi connectivity index (χ4n) is 2.46. The first-order valence-electron chi connectivity index (χ1n) is 6.44. The smallest absolute Gasteiger partial charge is 0.321 e. The molecule has 3 rings (SSSR count).